The van der Waals surface area contributed by atoms with Crippen LogP contribution >= 0.6 is 11.8 Å². The third-order valence-corrected chi connectivity index (χ3v) is 4.91. The lowest BCUT2D eigenvalue weighted by Crippen LogP contribution is -2.20. The second kappa shape index (κ2) is 8.99. The summed E-state index contributed by atoms with van der Waals surface area (Å²) in [6.45, 7) is -1.23. The van der Waals surface area contributed by atoms with Crippen molar-refractivity contribution in [2.24, 2.45) is 0 Å². The van der Waals surface area contributed by atoms with Crippen LogP contribution in [0, 0.1) is 10.1 Å². The highest BCUT2D eigenvalue weighted by Crippen LogP contribution is 2.30. The van der Waals surface area contributed by atoms with Crippen LogP contribution in [0.15, 0.2) is 66.0 Å². The Kier molecular flexibility index (Phi) is 6.40. The van der Waals surface area contributed by atoms with Crippen molar-refractivity contribution in [2.45, 2.75) is 17.9 Å². The van der Waals surface area contributed by atoms with Gasteiger partial charge in [-0.2, -0.15) is 13.2 Å². The van der Waals surface area contributed by atoms with Crippen molar-refractivity contribution >= 4 is 29.0 Å². The van der Waals surface area contributed by atoms with Crippen LogP contribution < -0.4 is 5.32 Å². The number of hydrogen-bond acceptors (Lipinski definition) is 5. The standard InChI is InChI=1S/C19H15F3N4O3S/c20-19(21,22)12-25-16(13-4-2-1-3-5-13)10-23-18(25)30-11-17(27)24-14-6-8-15(9-7-14)26(28)29/h1-10H,11-12H2,(H,24,27). The Morgan fingerprint density at radius 1 is 1.13 bits per heavy atom. The Labute approximate surface area is 173 Å². The van der Waals surface area contributed by atoms with Crippen molar-refractivity contribution in [1.82, 2.24) is 9.55 Å². The summed E-state index contributed by atoms with van der Waals surface area (Å²) in [6, 6.07) is 13.8. The molecule has 2 aromatic carbocycles. The van der Waals surface area contributed by atoms with Crippen molar-refractivity contribution in [1.29, 1.82) is 0 Å². The molecule has 11 heteroatoms. The van der Waals surface area contributed by atoms with E-state index < -0.39 is 23.6 Å². The summed E-state index contributed by atoms with van der Waals surface area (Å²) >= 11 is 0.870. The van der Waals surface area contributed by atoms with Crippen molar-refractivity contribution in [3.63, 3.8) is 0 Å². The Bertz CT molecular complexity index is 1040. The molecule has 0 aliphatic heterocycles. The maximum absolute atomic E-state index is 13.1. The minimum atomic E-state index is -4.46. The first-order valence-corrected chi connectivity index (χ1v) is 9.56. The van der Waals surface area contributed by atoms with E-state index in [0.717, 1.165) is 16.3 Å². The number of amides is 1. The lowest BCUT2D eigenvalue weighted by Gasteiger charge is -2.14. The molecule has 3 rings (SSSR count). The van der Waals surface area contributed by atoms with E-state index in [1.807, 2.05) is 0 Å². The van der Waals surface area contributed by atoms with Crippen LogP contribution in [0.3, 0.4) is 0 Å². The quantitative estimate of drug-likeness (QED) is 0.328. The predicted octanol–water partition coefficient (Wildman–Crippen LogP) is 4.75. The van der Waals surface area contributed by atoms with Crippen LogP contribution in [-0.2, 0) is 11.3 Å². The molecule has 0 aliphatic carbocycles. The number of carbonyl (C=O) groups is 1. The number of imidazole rings is 1. The Morgan fingerprint density at radius 3 is 2.40 bits per heavy atom. The number of hydrogen-bond donors (Lipinski definition) is 1. The van der Waals surface area contributed by atoms with E-state index in [1.54, 1.807) is 30.3 Å². The molecule has 0 saturated heterocycles. The van der Waals surface area contributed by atoms with Gasteiger partial charge in [-0.3, -0.25) is 14.9 Å². The molecular weight excluding hydrogens is 421 g/mol. The van der Waals surface area contributed by atoms with Crippen LogP contribution in [0.5, 0.6) is 0 Å². The zero-order valence-corrected chi connectivity index (χ0v) is 16.1. The molecular formula is C19H15F3N4O3S. The Balaban J connectivity index is 1.72. The topological polar surface area (TPSA) is 90.1 Å². The first-order chi connectivity index (χ1) is 14.2. The van der Waals surface area contributed by atoms with Gasteiger partial charge in [0.05, 0.1) is 22.6 Å². The van der Waals surface area contributed by atoms with Crippen LogP contribution in [0.2, 0.25) is 0 Å². The molecule has 0 saturated carbocycles. The first-order valence-electron chi connectivity index (χ1n) is 8.58. The van der Waals surface area contributed by atoms with Gasteiger partial charge in [0, 0.05) is 17.8 Å². The first kappa shape index (κ1) is 21.4. The fraction of sp³-hybridized carbons (Fsp3) is 0.158. The number of nitrogens with one attached hydrogen (secondary N) is 1. The maximum atomic E-state index is 13.1. The van der Waals surface area contributed by atoms with E-state index in [9.17, 15) is 28.1 Å². The molecule has 1 N–H and O–H groups in total. The van der Waals surface area contributed by atoms with Gasteiger partial charge in [0.15, 0.2) is 5.16 Å². The van der Waals surface area contributed by atoms with Gasteiger partial charge in [0.1, 0.15) is 6.54 Å². The number of aromatic nitrogens is 2. The molecule has 0 unspecified atom stereocenters. The number of nitro groups is 1. The summed E-state index contributed by atoms with van der Waals surface area (Å²) in [5, 5.41) is 13.3. The second-order valence-corrected chi connectivity index (χ2v) is 7.08. The van der Waals surface area contributed by atoms with E-state index in [1.165, 1.54) is 30.5 Å². The van der Waals surface area contributed by atoms with E-state index in [0.29, 0.717) is 16.9 Å². The number of nitro benzene ring substituents is 1. The average molecular weight is 436 g/mol. The molecule has 1 amide bonds. The Hall–Kier alpha value is -3.34. The van der Waals surface area contributed by atoms with Gasteiger partial charge in [0.25, 0.3) is 5.69 Å². The highest BCUT2D eigenvalue weighted by atomic mass is 32.2. The number of carbonyl (C=O) groups excluding carboxylic acids is 1. The van der Waals surface area contributed by atoms with Gasteiger partial charge in [-0.15, -0.1) is 0 Å². The summed E-state index contributed by atoms with van der Waals surface area (Å²) in [4.78, 5) is 26.3. The van der Waals surface area contributed by atoms with Crippen LogP contribution in [0.4, 0.5) is 24.5 Å². The SMILES string of the molecule is O=C(CSc1ncc(-c2ccccc2)n1CC(F)(F)F)Nc1ccc([N+](=O)[O-])cc1. The lowest BCUT2D eigenvalue weighted by atomic mass is 10.2. The molecule has 1 heterocycles. The normalized spacial score (nSPS) is 11.3. The van der Waals surface area contributed by atoms with Crippen LogP contribution in [0.1, 0.15) is 0 Å². The third kappa shape index (κ3) is 5.60. The lowest BCUT2D eigenvalue weighted by molar-refractivity contribution is -0.384. The minimum Gasteiger partial charge on any atom is -0.325 e. The molecule has 0 aliphatic rings. The van der Waals surface area contributed by atoms with Crippen molar-refractivity contribution < 1.29 is 22.9 Å². The van der Waals surface area contributed by atoms with Gasteiger partial charge in [0.2, 0.25) is 5.91 Å². The van der Waals surface area contributed by atoms with Crippen molar-refractivity contribution in [3.8, 4) is 11.3 Å². The fourth-order valence-electron chi connectivity index (χ4n) is 2.64. The molecule has 3 aromatic rings. The summed E-state index contributed by atoms with van der Waals surface area (Å²) in [5.41, 5.74) is 1.10. The zero-order chi connectivity index (χ0) is 21.7. The maximum Gasteiger partial charge on any atom is 0.406 e. The predicted molar refractivity (Wildman–Crippen MR) is 106 cm³/mol. The number of benzene rings is 2. The number of nitrogens with zero attached hydrogens (tertiary/aromatic N) is 3. The molecule has 0 fully saturated rings. The largest absolute Gasteiger partial charge is 0.406 e. The van der Waals surface area contributed by atoms with E-state index in [4.69, 9.17) is 0 Å². The number of halogens is 3. The second-order valence-electron chi connectivity index (χ2n) is 6.13. The smallest absolute Gasteiger partial charge is 0.325 e. The number of non-ortho nitro benzene ring substituents is 1. The Morgan fingerprint density at radius 2 is 1.80 bits per heavy atom. The van der Waals surface area contributed by atoms with Crippen molar-refractivity contribution in [3.05, 3.63) is 70.9 Å². The highest BCUT2D eigenvalue weighted by molar-refractivity contribution is 7.99. The zero-order valence-electron chi connectivity index (χ0n) is 15.3. The summed E-state index contributed by atoms with van der Waals surface area (Å²) in [5.74, 6) is -0.656. The molecule has 156 valence electrons. The highest BCUT2D eigenvalue weighted by Gasteiger charge is 2.31. The van der Waals surface area contributed by atoms with Gasteiger partial charge >= 0.3 is 6.18 Å². The van der Waals surface area contributed by atoms with E-state index in [-0.39, 0.29) is 16.6 Å². The van der Waals surface area contributed by atoms with E-state index in [2.05, 4.69) is 10.3 Å². The van der Waals surface area contributed by atoms with Crippen LogP contribution in [-0.4, -0.2) is 32.3 Å². The monoisotopic (exact) mass is 436 g/mol. The molecule has 0 atom stereocenters. The summed E-state index contributed by atoms with van der Waals surface area (Å²) in [7, 11) is 0. The fourth-order valence-corrected chi connectivity index (χ4v) is 3.42. The molecule has 0 bridgehead atoms. The molecule has 0 radical (unpaired) electrons. The molecule has 30 heavy (non-hydrogen) atoms. The van der Waals surface area contributed by atoms with Gasteiger partial charge in [-0.25, -0.2) is 4.98 Å². The third-order valence-electron chi connectivity index (χ3n) is 3.92. The summed E-state index contributed by atoms with van der Waals surface area (Å²) < 4.78 is 40.3. The van der Waals surface area contributed by atoms with Crippen molar-refractivity contribution in [2.75, 3.05) is 11.1 Å². The molecule has 7 nitrogen and oxygen atoms in total. The number of alkyl halides is 3. The number of anilines is 1. The molecule has 1 aromatic heterocycles. The van der Waals surface area contributed by atoms with Gasteiger partial charge in [-0.1, -0.05) is 42.1 Å². The summed E-state index contributed by atoms with van der Waals surface area (Å²) in [6.07, 6.45) is -3.11. The van der Waals surface area contributed by atoms with Gasteiger partial charge in [-0.05, 0) is 17.7 Å². The van der Waals surface area contributed by atoms with Crippen LogP contribution in [0.25, 0.3) is 11.3 Å². The minimum absolute atomic E-state index is 0.0602. The van der Waals surface area contributed by atoms with E-state index >= 15 is 0 Å². The number of thioether (sulfide) groups is 1. The number of rotatable bonds is 7. The van der Waals surface area contributed by atoms with Gasteiger partial charge < -0.3 is 9.88 Å². The molecule has 0 spiro atoms. The average Bonchev–Trinajstić information content (AvgIpc) is 3.08.